The summed E-state index contributed by atoms with van der Waals surface area (Å²) < 4.78 is 29.0. The zero-order valence-electron chi connectivity index (χ0n) is 10.0. The number of fused-ring (bicyclic) bond motifs is 2. The molecule has 3 unspecified atom stereocenters. The van der Waals surface area contributed by atoms with Gasteiger partial charge in [0.1, 0.15) is 0 Å². The summed E-state index contributed by atoms with van der Waals surface area (Å²) in [4.78, 5) is 0. The molecule has 17 heavy (non-hydrogen) atoms. The highest BCUT2D eigenvalue weighted by Crippen LogP contribution is 2.39. The summed E-state index contributed by atoms with van der Waals surface area (Å²) in [6.07, 6.45) is 5.49. The topological polar surface area (TPSA) is 75.4 Å². The highest BCUT2D eigenvalue weighted by molar-refractivity contribution is 7.87. The third kappa shape index (κ3) is 2.23. The molecule has 3 aliphatic rings. The molecular formula is C11H21N3O2S. The molecule has 3 fully saturated rings. The lowest BCUT2D eigenvalue weighted by Crippen LogP contribution is -2.51. The van der Waals surface area contributed by atoms with E-state index in [4.69, 9.17) is 5.73 Å². The predicted molar refractivity (Wildman–Crippen MR) is 65.5 cm³/mol. The van der Waals surface area contributed by atoms with Crippen molar-refractivity contribution < 1.29 is 8.42 Å². The summed E-state index contributed by atoms with van der Waals surface area (Å²) in [5.74, 6) is 1.06. The Hall–Kier alpha value is -0.170. The Labute approximate surface area is 103 Å². The van der Waals surface area contributed by atoms with Crippen LogP contribution >= 0.6 is 0 Å². The number of nitrogens with zero attached hydrogens (tertiary/aromatic N) is 1. The monoisotopic (exact) mass is 259 g/mol. The van der Waals surface area contributed by atoms with Gasteiger partial charge in [0.25, 0.3) is 10.2 Å². The van der Waals surface area contributed by atoms with Crippen LogP contribution in [0, 0.1) is 11.8 Å². The fraction of sp³-hybridized carbons (Fsp3) is 1.00. The lowest BCUT2D eigenvalue weighted by Gasteiger charge is -2.28. The Morgan fingerprint density at radius 2 is 2.06 bits per heavy atom. The first-order chi connectivity index (χ1) is 8.10. The largest absolute Gasteiger partial charge is 0.329 e. The molecule has 98 valence electrons. The minimum absolute atomic E-state index is 0.0564. The molecule has 0 radical (unpaired) electrons. The molecule has 0 spiro atoms. The first-order valence-corrected chi connectivity index (χ1v) is 8.03. The van der Waals surface area contributed by atoms with Gasteiger partial charge in [0.05, 0.1) is 0 Å². The van der Waals surface area contributed by atoms with Crippen molar-refractivity contribution in [1.82, 2.24) is 9.03 Å². The van der Waals surface area contributed by atoms with E-state index in [0.717, 1.165) is 25.7 Å². The molecule has 0 aromatic heterocycles. The van der Waals surface area contributed by atoms with E-state index >= 15 is 0 Å². The highest BCUT2D eigenvalue weighted by atomic mass is 32.2. The summed E-state index contributed by atoms with van der Waals surface area (Å²) in [6, 6.07) is 0.189. The summed E-state index contributed by atoms with van der Waals surface area (Å²) in [7, 11) is -3.30. The maximum absolute atomic E-state index is 12.3. The van der Waals surface area contributed by atoms with Gasteiger partial charge >= 0.3 is 0 Å². The predicted octanol–water partition coefficient (Wildman–Crippen LogP) is 0.0424. The molecular weight excluding hydrogens is 238 g/mol. The van der Waals surface area contributed by atoms with Gasteiger partial charge in [-0.15, -0.1) is 0 Å². The number of hydrogen-bond acceptors (Lipinski definition) is 3. The van der Waals surface area contributed by atoms with Crippen molar-refractivity contribution in [2.45, 2.75) is 44.2 Å². The van der Waals surface area contributed by atoms with Gasteiger partial charge in [-0.3, -0.25) is 0 Å². The number of hydrogen-bond donors (Lipinski definition) is 2. The molecule has 5 nitrogen and oxygen atoms in total. The highest BCUT2D eigenvalue weighted by Gasteiger charge is 2.45. The fourth-order valence-corrected chi connectivity index (χ4v) is 5.07. The van der Waals surface area contributed by atoms with E-state index in [1.54, 1.807) is 4.31 Å². The van der Waals surface area contributed by atoms with Gasteiger partial charge in [-0.05, 0) is 43.9 Å². The van der Waals surface area contributed by atoms with Crippen molar-refractivity contribution in [3.8, 4) is 0 Å². The fourth-order valence-electron chi connectivity index (χ4n) is 3.27. The van der Waals surface area contributed by atoms with E-state index in [1.165, 1.54) is 6.42 Å². The third-order valence-electron chi connectivity index (χ3n) is 4.41. The molecule has 2 aliphatic carbocycles. The van der Waals surface area contributed by atoms with Crippen LogP contribution in [0.15, 0.2) is 0 Å². The number of nitrogens with one attached hydrogen (secondary N) is 1. The van der Waals surface area contributed by atoms with Gasteiger partial charge in [0.2, 0.25) is 0 Å². The standard InChI is InChI=1S/C11H21N3O2S/c12-6-11(9-2-3-9)13-17(15,16)14-7-8-1-4-10(14)5-8/h8-11,13H,1-7,12H2. The van der Waals surface area contributed by atoms with Crippen molar-refractivity contribution in [2.24, 2.45) is 17.6 Å². The maximum atomic E-state index is 12.3. The number of nitrogens with two attached hydrogens (primary N) is 1. The van der Waals surface area contributed by atoms with Crippen molar-refractivity contribution in [3.05, 3.63) is 0 Å². The molecule has 0 amide bonds. The molecule has 1 aliphatic heterocycles. The maximum Gasteiger partial charge on any atom is 0.280 e. The lowest BCUT2D eigenvalue weighted by atomic mass is 10.1. The minimum Gasteiger partial charge on any atom is -0.329 e. The van der Waals surface area contributed by atoms with Gasteiger partial charge in [-0.2, -0.15) is 17.4 Å². The summed E-state index contributed by atoms with van der Waals surface area (Å²) in [5, 5.41) is 0. The van der Waals surface area contributed by atoms with Crippen LogP contribution in [0.4, 0.5) is 0 Å². The van der Waals surface area contributed by atoms with E-state index in [9.17, 15) is 8.42 Å². The third-order valence-corrected chi connectivity index (χ3v) is 6.08. The summed E-state index contributed by atoms with van der Waals surface area (Å²) in [5.41, 5.74) is 5.65. The Kier molecular flexibility index (Phi) is 2.93. The quantitative estimate of drug-likeness (QED) is 0.732. The summed E-state index contributed by atoms with van der Waals surface area (Å²) in [6.45, 7) is 1.12. The van der Waals surface area contributed by atoms with E-state index in [1.807, 2.05) is 0 Å². The van der Waals surface area contributed by atoms with Crippen LogP contribution in [0.5, 0.6) is 0 Å². The average Bonchev–Trinajstić information content (AvgIpc) is 2.92. The molecule has 1 saturated heterocycles. The molecule has 0 aromatic carbocycles. The smallest absolute Gasteiger partial charge is 0.280 e. The average molecular weight is 259 g/mol. The minimum atomic E-state index is -3.30. The van der Waals surface area contributed by atoms with Crippen molar-refractivity contribution >= 4 is 10.2 Å². The Balaban J connectivity index is 1.68. The molecule has 3 N–H and O–H groups in total. The van der Waals surface area contributed by atoms with Gasteiger partial charge < -0.3 is 5.73 Å². The Bertz CT molecular complexity index is 394. The number of rotatable bonds is 5. The van der Waals surface area contributed by atoms with E-state index < -0.39 is 10.2 Å². The van der Waals surface area contributed by atoms with Crippen LogP contribution in [-0.2, 0) is 10.2 Å². The van der Waals surface area contributed by atoms with Gasteiger partial charge in [-0.25, -0.2) is 0 Å². The van der Waals surface area contributed by atoms with Crippen molar-refractivity contribution in [3.63, 3.8) is 0 Å². The second-order valence-electron chi connectivity index (χ2n) is 5.71. The van der Waals surface area contributed by atoms with E-state index in [0.29, 0.717) is 24.9 Å². The SMILES string of the molecule is NCC(NS(=O)(=O)N1CC2CCC1C2)C1CC1. The van der Waals surface area contributed by atoms with Crippen molar-refractivity contribution in [2.75, 3.05) is 13.1 Å². The first kappa shape index (κ1) is 11.9. The van der Waals surface area contributed by atoms with Gasteiger partial charge in [0, 0.05) is 25.2 Å². The Morgan fingerprint density at radius 3 is 2.53 bits per heavy atom. The molecule has 3 atom stereocenters. The van der Waals surface area contributed by atoms with Crippen LogP contribution in [0.3, 0.4) is 0 Å². The molecule has 2 bridgehead atoms. The Morgan fingerprint density at radius 1 is 1.29 bits per heavy atom. The molecule has 1 heterocycles. The van der Waals surface area contributed by atoms with E-state index in [2.05, 4.69) is 4.72 Å². The van der Waals surface area contributed by atoms with Crippen LogP contribution < -0.4 is 10.5 Å². The van der Waals surface area contributed by atoms with Gasteiger partial charge in [0.15, 0.2) is 0 Å². The van der Waals surface area contributed by atoms with Crippen LogP contribution in [-0.4, -0.2) is 37.9 Å². The van der Waals surface area contributed by atoms with Crippen LogP contribution in [0.1, 0.15) is 32.1 Å². The number of piperidine rings is 1. The lowest BCUT2D eigenvalue weighted by molar-refractivity contribution is 0.324. The van der Waals surface area contributed by atoms with Gasteiger partial charge in [-0.1, -0.05) is 0 Å². The zero-order valence-corrected chi connectivity index (χ0v) is 10.8. The molecule has 2 saturated carbocycles. The zero-order chi connectivity index (χ0) is 12.0. The molecule has 6 heteroatoms. The second-order valence-corrected chi connectivity index (χ2v) is 7.36. The van der Waals surface area contributed by atoms with E-state index in [-0.39, 0.29) is 12.1 Å². The van der Waals surface area contributed by atoms with Crippen LogP contribution in [0.2, 0.25) is 0 Å². The first-order valence-electron chi connectivity index (χ1n) is 6.59. The van der Waals surface area contributed by atoms with Crippen molar-refractivity contribution in [1.29, 1.82) is 0 Å². The second kappa shape index (κ2) is 4.19. The normalized spacial score (nSPS) is 35.4. The van der Waals surface area contributed by atoms with Crippen LogP contribution in [0.25, 0.3) is 0 Å². The molecule has 0 aromatic rings. The summed E-state index contributed by atoms with van der Waals surface area (Å²) >= 11 is 0. The molecule has 3 rings (SSSR count).